The molecule has 18 heavy (non-hydrogen) atoms. The molecule has 1 amide bonds. The van der Waals surface area contributed by atoms with E-state index >= 15 is 0 Å². The van der Waals surface area contributed by atoms with Crippen molar-refractivity contribution in [1.29, 1.82) is 0 Å². The number of anilines is 2. The maximum Gasteiger partial charge on any atom is 0.249 e. The van der Waals surface area contributed by atoms with Crippen molar-refractivity contribution in [1.82, 2.24) is 0 Å². The van der Waals surface area contributed by atoms with Crippen molar-refractivity contribution >= 4 is 17.3 Å². The lowest BCUT2D eigenvalue weighted by Crippen LogP contribution is -2.49. The highest BCUT2D eigenvalue weighted by atomic mass is 16.5. The number of carbonyl (C=O) groups excluding carboxylic acids is 1. The second-order valence-corrected chi connectivity index (χ2v) is 4.79. The van der Waals surface area contributed by atoms with Gasteiger partial charge in [-0.3, -0.25) is 4.79 Å². The first-order chi connectivity index (χ1) is 8.60. The average molecular weight is 248 g/mol. The standard InChI is InChI=1S/C14H20N2O2/c1-4-9-18-11-8-6-7-10-12(11)15-13(17)14(3,5-2)16-10/h6-8,16H,4-5,9H2,1-3H3,(H,15,17). The molecule has 1 unspecified atom stereocenters. The molecule has 0 aromatic heterocycles. The molecule has 0 radical (unpaired) electrons. The van der Waals surface area contributed by atoms with Crippen molar-refractivity contribution in [2.45, 2.75) is 39.2 Å². The Morgan fingerprint density at radius 2 is 2.11 bits per heavy atom. The van der Waals surface area contributed by atoms with Crippen LogP contribution in [0.2, 0.25) is 0 Å². The van der Waals surface area contributed by atoms with Crippen molar-refractivity contribution < 1.29 is 9.53 Å². The van der Waals surface area contributed by atoms with E-state index in [-0.39, 0.29) is 5.91 Å². The van der Waals surface area contributed by atoms with E-state index in [2.05, 4.69) is 17.6 Å². The van der Waals surface area contributed by atoms with Crippen LogP contribution in [0.15, 0.2) is 18.2 Å². The number of carbonyl (C=O) groups is 1. The summed E-state index contributed by atoms with van der Waals surface area (Å²) in [5, 5.41) is 6.25. The number of amides is 1. The number of rotatable bonds is 4. The largest absolute Gasteiger partial charge is 0.491 e. The molecular weight excluding hydrogens is 228 g/mol. The summed E-state index contributed by atoms with van der Waals surface area (Å²) in [5.41, 5.74) is 1.13. The topological polar surface area (TPSA) is 50.4 Å². The van der Waals surface area contributed by atoms with Crippen LogP contribution in [-0.4, -0.2) is 18.1 Å². The highest BCUT2D eigenvalue weighted by Crippen LogP contribution is 2.38. The highest BCUT2D eigenvalue weighted by molar-refractivity contribution is 6.07. The van der Waals surface area contributed by atoms with Crippen molar-refractivity contribution in [2.24, 2.45) is 0 Å². The predicted molar refractivity (Wildman–Crippen MR) is 73.2 cm³/mol. The van der Waals surface area contributed by atoms with Gasteiger partial charge in [0.05, 0.1) is 12.3 Å². The van der Waals surface area contributed by atoms with Crippen LogP contribution in [0, 0.1) is 0 Å². The number of fused-ring (bicyclic) bond motifs is 1. The van der Waals surface area contributed by atoms with Gasteiger partial charge in [0.2, 0.25) is 5.91 Å². The Labute approximate surface area is 108 Å². The van der Waals surface area contributed by atoms with Gasteiger partial charge in [0, 0.05) is 0 Å². The van der Waals surface area contributed by atoms with E-state index in [9.17, 15) is 4.79 Å². The van der Waals surface area contributed by atoms with Gasteiger partial charge >= 0.3 is 0 Å². The van der Waals surface area contributed by atoms with Crippen LogP contribution < -0.4 is 15.4 Å². The van der Waals surface area contributed by atoms with Gasteiger partial charge in [0.1, 0.15) is 17.0 Å². The fourth-order valence-electron chi connectivity index (χ4n) is 1.95. The summed E-state index contributed by atoms with van der Waals surface area (Å²) < 4.78 is 5.65. The summed E-state index contributed by atoms with van der Waals surface area (Å²) in [6, 6.07) is 5.77. The first-order valence-electron chi connectivity index (χ1n) is 6.46. The molecule has 1 aliphatic rings. The zero-order valence-electron chi connectivity index (χ0n) is 11.2. The molecule has 0 aliphatic carbocycles. The van der Waals surface area contributed by atoms with Gasteiger partial charge < -0.3 is 15.4 Å². The summed E-state index contributed by atoms with van der Waals surface area (Å²) in [5.74, 6) is 0.721. The van der Waals surface area contributed by atoms with E-state index in [0.717, 1.165) is 30.0 Å². The minimum Gasteiger partial charge on any atom is -0.491 e. The smallest absolute Gasteiger partial charge is 0.249 e. The molecule has 0 bridgehead atoms. The van der Waals surface area contributed by atoms with Gasteiger partial charge in [-0.25, -0.2) is 0 Å². The van der Waals surface area contributed by atoms with Crippen molar-refractivity contribution in [3.63, 3.8) is 0 Å². The van der Waals surface area contributed by atoms with Crippen molar-refractivity contribution in [2.75, 3.05) is 17.2 Å². The SMILES string of the molecule is CCCOc1cccc2c1NC(=O)C(C)(CC)N2. The lowest BCUT2D eigenvalue weighted by atomic mass is 9.94. The fourth-order valence-corrected chi connectivity index (χ4v) is 1.95. The Bertz CT molecular complexity index is 459. The molecule has 1 aliphatic heterocycles. The Balaban J connectivity index is 2.33. The summed E-state index contributed by atoms with van der Waals surface area (Å²) in [6.07, 6.45) is 1.68. The molecule has 0 saturated heterocycles. The Kier molecular flexibility index (Phi) is 3.45. The monoisotopic (exact) mass is 248 g/mol. The molecule has 0 fully saturated rings. The van der Waals surface area contributed by atoms with Crippen LogP contribution in [0.1, 0.15) is 33.6 Å². The van der Waals surface area contributed by atoms with Gasteiger partial charge in [0.25, 0.3) is 0 Å². The zero-order valence-corrected chi connectivity index (χ0v) is 11.2. The molecule has 1 aromatic carbocycles. The molecule has 0 saturated carbocycles. The van der Waals surface area contributed by atoms with Gasteiger partial charge in [0.15, 0.2) is 0 Å². The quantitative estimate of drug-likeness (QED) is 0.861. The van der Waals surface area contributed by atoms with Crippen LogP contribution in [-0.2, 0) is 4.79 Å². The molecule has 1 heterocycles. The lowest BCUT2D eigenvalue weighted by Gasteiger charge is -2.35. The summed E-state index contributed by atoms with van der Waals surface area (Å²) in [6.45, 7) is 6.61. The molecule has 4 heteroatoms. The predicted octanol–water partition coefficient (Wildman–Crippen LogP) is 3.01. The summed E-state index contributed by atoms with van der Waals surface area (Å²) in [7, 11) is 0. The van der Waals surface area contributed by atoms with E-state index in [1.165, 1.54) is 0 Å². The van der Waals surface area contributed by atoms with Crippen LogP contribution in [0.25, 0.3) is 0 Å². The van der Waals surface area contributed by atoms with E-state index in [0.29, 0.717) is 6.61 Å². The number of hydrogen-bond acceptors (Lipinski definition) is 3. The number of nitrogens with one attached hydrogen (secondary N) is 2. The third-order valence-corrected chi connectivity index (χ3v) is 3.35. The zero-order chi connectivity index (χ0) is 13.2. The molecule has 98 valence electrons. The van der Waals surface area contributed by atoms with E-state index in [1.807, 2.05) is 32.0 Å². The molecule has 2 N–H and O–H groups in total. The van der Waals surface area contributed by atoms with Gasteiger partial charge in [-0.2, -0.15) is 0 Å². The van der Waals surface area contributed by atoms with E-state index in [4.69, 9.17) is 4.74 Å². The maximum absolute atomic E-state index is 12.1. The van der Waals surface area contributed by atoms with Gasteiger partial charge in [-0.1, -0.05) is 19.9 Å². The number of benzene rings is 1. The van der Waals surface area contributed by atoms with Gasteiger partial charge in [-0.15, -0.1) is 0 Å². The minimum atomic E-state index is -0.545. The molecule has 1 atom stereocenters. The second kappa shape index (κ2) is 4.88. The second-order valence-electron chi connectivity index (χ2n) is 4.79. The number of hydrogen-bond donors (Lipinski definition) is 2. The summed E-state index contributed by atoms with van der Waals surface area (Å²) in [4.78, 5) is 12.1. The van der Waals surface area contributed by atoms with Crippen LogP contribution in [0.3, 0.4) is 0 Å². The lowest BCUT2D eigenvalue weighted by molar-refractivity contribution is -0.120. The Morgan fingerprint density at radius 1 is 1.33 bits per heavy atom. The van der Waals surface area contributed by atoms with Crippen molar-refractivity contribution in [3.05, 3.63) is 18.2 Å². The third-order valence-electron chi connectivity index (χ3n) is 3.35. The van der Waals surface area contributed by atoms with E-state index < -0.39 is 5.54 Å². The summed E-state index contributed by atoms with van der Waals surface area (Å²) >= 11 is 0. The first kappa shape index (κ1) is 12.7. The van der Waals surface area contributed by atoms with Gasteiger partial charge in [-0.05, 0) is 31.9 Å². The molecule has 2 rings (SSSR count). The third kappa shape index (κ3) is 2.15. The number of para-hydroxylation sites is 1. The Hall–Kier alpha value is -1.71. The van der Waals surface area contributed by atoms with Crippen LogP contribution >= 0.6 is 0 Å². The van der Waals surface area contributed by atoms with Crippen LogP contribution in [0.5, 0.6) is 5.75 Å². The highest BCUT2D eigenvalue weighted by Gasteiger charge is 2.36. The Morgan fingerprint density at radius 3 is 2.78 bits per heavy atom. The molecule has 4 nitrogen and oxygen atoms in total. The molecular formula is C14H20N2O2. The fraction of sp³-hybridized carbons (Fsp3) is 0.500. The minimum absolute atomic E-state index is 0.00921. The number of ether oxygens (including phenoxy) is 1. The molecule has 1 aromatic rings. The van der Waals surface area contributed by atoms with Crippen LogP contribution in [0.4, 0.5) is 11.4 Å². The normalized spacial score (nSPS) is 21.8. The van der Waals surface area contributed by atoms with E-state index in [1.54, 1.807) is 0 Å². The first-order valence-corrected chi connectivity index (χ1v) is 6.46. The van der Waals surface area contributed by atoms with Crippen molar-refractivity contribution in [3.8, 4) is 5.75 Å². The maximum atomic E-state index is 12.1. The average Bonchev–Trinajstić information content (AvgIpc) is 2.38. The molecule has 0 spiro atoms.